The summed E-state index contributed by atoms with van der Waals surface area (Å²) >= 11 is 6.21. The molecule has 2 aromatic rings. The molecular formula is C18H22ClN3O3. The molecule has 0 spiro atoms. The lowest BCUT2D eigenvalue weighted by Gasteiger charge is -2.22. The number of hydrogen-bond donors (Lipinski definition) is 1. The number of benzene rings is 1. The van der Waals surface area contributed by atoms with Gasteiger partial charge in [-0.25, -0.2) is 0 Å². The molecule has 1 amide bonds. The quantitative estimate of drug-likeness (QED) is 0.886. The highest BCUT2D eigenvalue weighted by Gasteiger charge is 2.22. The molecule has 0 fully saturated rings. The number of aryl methyl sites for hydroxylation is 1. The minimum absolute atomic E-state index is 0.170. The molecular weight excluding hydrogens is 342 g/mol. The lowest BCUT2D eigenvalue weighted by atomic mass is 9.92. The number of amides is 1. The number of ether oxygens (including phenoxy) is 2. The van der Waals surface area contributed by atoms with Crippen LogP contribution in [-0.2, 0) is 7.05 Å². The Morgan fingerprint density at radius 1 is 1.36 bits per heavy atom. The second kappa shape index (κ2) is 7.35. The maximum Gasteiger partial charge on any atom is 0.251 e. The van der Waals surface area contributed by atoms with Crippen molar-refractivity contribution >= 4 is 17.5 Å². The molecule has 2 heterocycles. The zero-order valence-electron chi connectivity index (χ0n) is 14.6. The zero-order valence-corrected chi connectivity index (χ0v) is 15.3. The highest BCUT2D eigenvalue weighted by Crippen LogP contribution is 2.38. The van der Waals surface area contributed by atoms with E-state index in [9.17, 15) is 4.79 Å². The topological polar surface area (TPSA) is 65.4 Å². The van der Waals surface area contributed by atoms with Gasteiger partial charge in [0.2, 0.25) is 0 Å². The first-order valence-corrected chi connectivity index (χ1v) is 8.70. The van der Waals surface area contributed by atoms with Crippen LogP contribution in [-0.4, -0.2) is 35.4 Å². The maximum atomic E-state index is 12.6. The Balaban J connectivity index is 1.74. The predicted octanol–water partition coefficient (Wildman–Crippen LogP) is 3.01. The van der Waals surface area contributed by atoms with Gasteiger partial charge in [0.25, 0.3) is 5.91 Å². The van der Waals surface area contributed by atoms with Crippen molar-refractivity contribution in [2.75, 3.05) is 19.8 Å². The van der Waals surface area contributed by atoms with Crippen molar-refractivity contribution in [2.24, 2.45) is 13.0 Å². The number of rotatable bonds is 5. The number of nitrogens with zero attached hydrogens (tertiary/aromatic N) is 2. The zero-order chi connectivity index (χ0) is 18.0. The van der Waals surface area contributed by atoms with E-state index in [0.29, 0.717) is 47.8 Å². The molecule has 25 heavy (non-hydrogen) atoms. The van der Waals surface area contributed by atoms with Crippen LogP contribution in [0.4, 0.5) is 0 Å². The maximum absolute atomic E-state index is 12.6. The number of carbonyl (C=O) groups excluding carboxylic acids is 1. The Bertz CT molecular complexity index is 773. The van der Waals surface area contributed by atoms with Crippen LogP contribution in [0.2, 0.25) is 5.02 Å². The molecule has 1 aliphatic rings. The van der Waals surface area contributed by atoms with Crippen molar-refractivity contribution in [3.05, 3.63) is 40.7 Å². The summed E-state index contributed by atoms with van der Waals surface area (Å²) in [5.41, 5.74) is 1.55. The molecule has 1 aromatic heterocycles. The number of hydrogen-bond acceptors (Lipinski definition) is 4. The SMILES string of the molecule is CC(C)[C@@H](CNC(=O)c1cc(Cl)c2c(c1)OCCO2)c1ccnn1C. The van der Waals surface area contributed by atoms with Crippen LogP contribution in [0.5, 0.6) is 11.5 Å². The first-order valence-electron chi connectivity index (χ1n) is 8.32. The van der Waals surface area contributed by atoms with Gasteiger partial charge in [-0.15, -0.1) is 0 Å². The Hall–Kier alpha value is -2.21. The molecule has 0 radical (unpaired) electrons. The molecule has 7 heteroatoms. The van der Waals surface area contributed by atoms with Gasteiger partial charge in [-0.1, -0.05) is 25.4 Å². The summed E-state index contributed by atoms with van der Waals surface area (Å²) < 4.78 is 12.9. The van der Waals surface area contributed by atoms with E-state index in [1.807, 2.05) is 17.8 Å². The smallest absolute Gasteiger partial charge is 0.251 e. The average Bonchev–Trinajstić information content (AvgIpc) is 3.00. The van der Waals surface area contributed by atoms with Crippen LogP contribution in [0.3, 0.4) is 0 Å². The van der Waals surface area contributed by atoms with E-state index in [1.165, 1.54) is 0 Å². The second-order valence-electron chi connectivity index (χ2n) is 6.42. The van der Waals surface area contributed by atoms with E-state index >= 15 is 0 Å². The van der Waals surface area contributed by atoms with Crippen molar-refractivity contribution in [1.29, 1.82) is 0 Å². The molecule has 0 saturated carbocycles. The average molecular weight is 364 g/mol. The minimum atomic E-state index is -0.188. The summed E-state index contributed by atoms with van der Waals surface area (Å²) in [4.78, 5) is 12.6. The molecule has 0 aliphatic carbocycles. The van der Waals surface area contributed by atoms with Crippen molar-refractivity contribution in [1.82, 2.24) is 15.1 Å². The van der Waals surface area contributed by atoms with Crippen molar-refractivity contribution in [3.63, 3.8) is 0 Å². The van der Waals surface area contributed by atoms with Crippen LogP contribution >= 0.6 is 11.6 Å². The predicted molar refractivity (Wildman–Crippen MR) is 95.6 cm³/mol. The van der Waals surface area contributed by atoms with Crippen molar-refractivity contribution < 1.29 is 14.3 Å². The van der Waals surface area contributed by atoms with E-state index in [1.54, 1.807) is 18.3 Å². The second-order valence-corrected chi connectivity index (χ2v) is 6.83. The van der Waals surface area contributed by atoms with Gasteiger partial charge in [0.15, 0.2) is 11.5 Å². The first kappa shape index (κ1) is 17.6. The molecule has 134 valence electrons. The van der Waals surface area contributed by atoms with E-state index in [-0.39, 0.29) is 11.8 Å². The lowest BCUT2D eigenvalue weighted by molar-refractivity contribution is 0.0947. The fourth-order valence-corrected chi connectivity index (χ4v) is 3.24. The van der Waals surface area contributed by atoms with Crippen LogP contribution in [0, 0.1) is 5.92 Å². The van der Waals surface area contributed by atoms with Gasteiger partial charge in [0.1, 0.15) is 13.2 Å². The summed E-state index contributed by atoms with van der Waals surface area (Å²) in [7, 11) is 1.91. The third-order valence-electron chi connectivity index (χ3n) is 4.39. The van der Waals surface area contributed by atoms with Gasteiger partial charge in [-0.2, -0.15) is 5.10 Å². The molecule has 1 atom stereocenters. The van der Waals surface area contributed by atoms with Gasteiger partial charge in [0, 0.05) is 37.0 Å². The molecule has 0 bridgehead atoms. The van der Waals surface area contributed by atoms with E-state index < -0.39 is 0 Å². The summed E-state index contributed by atoms with van der Waals surface area (Å²) in [6, 6.07) is 5.26. The van der Waals surface area contributed by atoms with Crippen LogP contribution in [0.15, 0.2) is 24.4 Å². The monoisotopic (exact) mass is 363 g/mol. The largest absolute Gasteiger partial charge is 0.486 e. The van der Waals surface area contributed by atoms with E-state index in [2.05, 4.69) is 24.3 Å². The van der Waals surface area contributed by atoms with Crippen molar-refractivity contribution in [3.8, 4) is 11.5 Å². The Morgan fingerprint density at radius 2 is 2.12 bits per heavy atom. The van der Waals surface area contributed by atoms with Crippen LogP contribution in [0.1, 0.15) is 35.8 Å². The van der Waals surface area contributed by atoms with E-state index in [4.69, 9.17) is 21.1 Å². The fraction of sp³-hybridized carbons (Fsp3) is 0.444. The third-order valence-corrected chi connectivity index (χ3v) is 4.67. The standard InChI is InChI=1S/C18H22ClN3O3/c1-11(2)13(15-4-5-21-22(15)3)10-20-18(23)12-8-14(19)17-16(9-12)24-6-7-25-17/h4-5,8-9,11,13H,6-7,10H2,1-3H3,(H,20,23)/t13-/m1/s1. The summed E-state index contributed by atoms with van der Waals surface area (Å²) in [6.07, 6.45) is 1.77. The number of halogens is 1. The number of nitrogens with one attached hydrogen (secondary N) is 1. The Kier molecular flexibility index (Phi) is 5.18. The number of aromatic nitrogens is 2. The normalized spacial score (nSPS) is 14.4. The Labute approximate surface area is 152 Å². The number of carbonyl (C=O) groups is 1. The summed E-state index contributed by atoms with van der Waals surface area (Å²) in [6.45, 7) is 5.68. The molecule has 1 aromatic carbocycles. The highest BCUT2D eigenvalue weighted by atomic mass is 35.5. The summed E-state index contributed by atoms with van der Waals surface area (Å²) in [5.74, 6) is 1.35. The van der Waals surface area contributed by atoms with Gasteiger partial charge in [-0.3, -0.25) is 9.48 Å². The minimum Gasteiger partial charge on any atom is -0.486 e. The molecule has 6 nitrogen and oxygen atoms in total. The molecule has 0 saturated heterocycles. The molecule has 1 aliphatic heterocycles. The van der Waals surface area contributed by atoms with Gasteiger partial charge in [-0.05, 0) is 24.1 Å². The van der Waals surface area contributed by atoms with Gasteiger partial charge in [0.05, 0.1) is 5.02 Å². The first-order chi connectivity index (χ1) is 12.0. The molecule has 0 unspecified atom stereocenters. The lowest BCUT2D eigenvalue weighted by Crippen LogP contribution is -2.31. The summed E-state index contributed by atoms with van der Waals surface area (Å²) in [5, 5.41) is 7.60. The molecule has 3 rings (SSSR count). The highest BCUT2D eigenvalue weighted by molar-refractivity contribution is 6.32. The van der Waals surface area contributed by atoms with E-state index in [0.717, 1.165) is 5.69 Å². The fourth-order valence-electron chi connectivity index (χ4n) is 2.98. The Morgan fingerprint density at radius 3 is 2.80 bits per heavy atom. The third kappa shape index (κ3) is 3.74. The molecule has 1 N–H and O–H groups in total. The van der Waals surface area contributed by atoms with Crippen LogP contribution < -0.4 is 14.8 Å². The van der Waals surface area contributed by atoms with Gasteiger partial charge >= 0.3 is 0 Å². The van der Waals surface area contributed by atoms with Gasteiger partial charge < -0.3 is 14.8 Å². The van der Waals surface area contributed by atoms with Crippen molar-refractivity contribution in [2.45, 2.75) is 19.8 Å². The van der Waals surface area contributed by atoms with Crippen LogP contribution in [0.25, 0.3) is 0 Å². The number of fused-ring (bicyclic) bond motifs is 1.